The second-order valence-corrected chi connectivity index (χ2v) is 4.14. The number of anilines is 1. The molecule has 4 heteroatoms. The molecule has 0 bridgehead atoms. The summed E-state index contributed by atoms with van der Waals surface area (Å²) in [7, 11) is 0. The maximum absolute atomic E-state index is 5.82. The van der Waals surface area contributed by atoms with E-state index < -0.39 is 0 Å². The molecule has 0 spiro atoms. The summed E-state index contributed by atoms with van der Waals surface area (Å²) in [6.45, 7) is 2.03. The maximum atomic E-state index is 5.82. The number of hydrogen-bond donors (Lipinski definition) is 1. The summed E-state index contributed by atoms with van der Waals surface area (Å²) in [5, 5.41) is 0.692. The molecule has 3 nitrogen and oxygen atoms in total. The predicted molar refractivity (Wildman–Crippen MR) is 61.7 cm³/mol. The molecule has 0 saturated heterocycles. The molecular formula is C11H12N2OS. The average Bonchev–Trinajstić information content (AvgIpc) is 2.73. The highest BCUT2D eigenvalue weighted by Gasteiger charge is 2.04. The van der Waals surface area contributed by atoms with Crippen LogP contribution in [0, 0.1) is 6.92 Å². The molecule has 0 fully saturated rings. The summed E-state index contributed by atoms with van der Waals surface area (Å²) >= 11 is 1.57. The minimum Gasteiger partial charge on any atom is -0.440 e. The molecule has 0 saturated carbocycles. The van der Waals surface area contributed by atoms with Crippen molar-refractivity contribution >= 4 is 17.4 Å². The number of oxazole rings is 1. The average molecular weight is 220 g/mol. The summed E-state index contributed by atoms with van der Waals surface area (Å²) in [4.78, 5) is 4.05. The van der Waals surface area contributed by atoms with Gasteiger partial charge in [-0.05, 0) is 24.1 Å². The second-order valence-electron chi connectivity index (χ2n) is 3.22. The lowest BCUT2D eigenvalue weighted by molar-refractivity contribution is 0.454. The molecule has 2 rings (SSSR count). The van der Waals surface area contributed by atoms with Crippen molar-refractivity contribution in [3.05, 3.63) is 41.8 Å². The van der Waals surface area contributed by atoms with Crippen molar-refractivity contribution in [2.75, 3.05) is 5.73 Å². The lowest BCUT2D eigenvalue weighted by atomic mass is 10.1. The standard InChI is InChI=1S/C11H12N2OS/c1-8-9(3-2-4-10(8)12)7-15-11-13-5-6-14-11/h2-6H,7,12H2,1H3. The van der Waals surface area contributed by atoms with Crippen molar-refractivity contribution in [1.29, 1.82) is 0 Å². The first kappa shape index (κ1) is 10.1. The van der Waals surface area contributed by atoms with E-state index in [0.717, 1.165) is 17.0 Å². The third-order valence-electron chi connectivity index (χ3n) is 2.25. The zero-order valence-electron chi connectivity index (χ0n) is 8.43. The van der Waals surface area contributed by atoms with Gasteiger partial charge in [0.25, 0.3) is 5.22 Å². The van der Waals surface area contributed by atoms with Gasteiger partial charge in [0.1, 0.15) is 6.26 Å². The molecule has 1 heterocycles. The largest absolute Gasteiger partial charge is 0.440 e. The molecule has 78 valence electrons. The van der Waals surface area contributed by atoms with Gasteiger partial charge in [0.15, 0.2) is 0 Å². The fourth-order valence-corrected chi connectivity index (χ4v) is 2.13. The van der Waals surface area contributed by atoms with Crippen LogP contribution in [-0.2, 0) is 5.75 Å². The third kappa shape index (κ3) is 2.33. The monoisotopic (exact) mass is 220 g/mol. The lowest BCUT2D eigenvalue weighted by Crippen LogP contribution is -1.93. The Morgan fingerprint density at radius 2 is 2.33 bits per heavy atom. The number of benzene rings is 1. The van der Waals surface area contributed by atoms with Crippen LogP contribution >= 0.6 is 11.8 Å². The first-order valence-corrected chi connectivity index (χ1v) is 5.62. The van der Waals surface area contributed by atoms with Gasteiger partial charge in [-0.15, -0.1) is 0 Å². The fraction of sp³-hybridized carbons (Fsp3) is 0.182. The number of nitrogens with zero attached hydrogens (tertiary/aromatic N) is 1. The van der Waals surface area contributed by atoms with Crippen LogP contribution < -0.4 is 5.73 Å². The van der Waals surface area contributed by atoms with E-state index in [1.807, 2.05) is 19.1 Å². The molecule has 0 aliphatic heterocycles. The van der Waals surface area contributed by atoms with Crippen LogP contribution in [0.2, 0.25) is 0 Å². The highest BCUT2D eigenvalue weighted by Crippen LogP contribution is 2.24. The van der Waals surface area contributed by atoms with Gasteiger partial charge in [-0.3, -0.25) is 0 Å². The van der Waals surface area contributed by atoms with Crippen LogP contribution in [-0.4, -0.2) is 4.98 Å². The number of nitrogens with two attached hydrogens (primary N) is 1. The zero-order chi connectivity index (χ0) is 10.7. The molecule has 15 heavy (non-hydrogen) atoms. The number of thioether (sulfide) groups is 1. The minimum absolute atomic E-state index is 0.692. The van der Waals surface area contributed by atoms with Crippen molar-refractivity contribution in [1.82, 2.24) is 4.98 Å². The van der Waals surface area contributed by atoms with Gasteiger partial charge in [0.2, 0.25) is 0 Å². The van der Waals surface area contributed by atoms with Crippen molar-refractivity contribution in [2.45, 2.75) is 17.9 Å². The third-order valence-corrected chi connectivity index (χ3v) is 3.15. The van der Waals surface area contributed by atoms with E-state index in [9.17, 15) is 0 Å². The summed E-state index contributed by atoms with van der Waals surface area (Å²) in [6, 6.07) is 5.95. The molecule has 0 aliphatic carbocycles. The lowest BCUT2D eigenvalue weighted by Gasteiger charge is -2.06. The fourth-order valence-electron chi connectivity index (χ4n) is 1.28. The highest BCUT2D eigenvalue weighted by atomic mass is 32.2. The molecule has 1 aromatic heterocycles. The number of nitrogen functional groups attached to an aromatic ring is 1. The van der Waals surface area contributed by atoms with E-state index in [4.69, 9.17) is 10.2 Å². The van der Waals surface area contributed by atoms with Gasteiger partial charge < -0.3 is 10.2 Å². The van der Waals surface area contributed by atoms with E-state index in [1.165, 1.54) is 5.56 Å². The number of aromatic nitrogens is 1. The minimum atomic E-state index is 0.692. The Labute approximate surface area is 92.7 Å². The molecular weight excluding hydrogens is 208 g/mol. The molecule has 2 aromatic rings. The highest BCUT2D eigenvalue weighted by molar-refractivity contribution is 7.98. The topological polar surface area (TPSA) is 52.0 Å². The van der Waals surface area contributed by atoms with Gasteiger partial charge in [-0.1, -0.05) is 23.9 Å². The van der Waals surface area contributed by atoms with E-state index in [2.05, 4.69) is 11.1 Å². The molecule has 0 aliphatic rings. The van der Waals surface area contributed by atoms with Crippen LogP contribution in [0.3, 0.4) is 0 Å². The second kappa shape index (κ2) is 4.40. The van der Waals surface area contributed by atoms with Crippen molar-refractivity contribution in [3.63, 3.8) is 0 Å². The van der Waals surface area contributed by atoms with Gasteiger partial charge in [0.05, 0.1) is 6.20 Å². The summed E-state index contributed by atoms with van der Waals surface area (Å²) in [5.41, 5.74) is 9.01. The molecule has 0 atom stereocenters. The summed E-state index contributed by atoms with van der Waals surface area (Å²) in [6.07, 6.45) is 3.23. The number of hydrogen-bond acceptors (Lipinski definition) is 4. The first-order chi connectivity index (χ1) is 7.27. The Hall–Kier alpha value is -1.42. The van der Waals surface area contributed by atoms with Crippen LogP contribution in [0.1, 0.15) is 11.1 Å². The van der Waals surface area contributed by atoms with Crippen LogP contribution in [0.15, 0.2) is 40.3 Å². The smallest absolute Gasteiger partial charge is 0.255 e. The van der Waals surface area contributed by atoms with Crippen LogP contribution in [0.4, 0.5) is 5.69 Å². The Balaban J connectivity index is 2.08. The molecule has 1 aromatic carbocycles. The van der Waals surface area contributed by atoms with Gasteiger partial charge in [0, 0.05) is 11.4 Å². The normalized spacial score (nSPS) is 10.5. The van der Waals surface area contributed by atoms with E-state index in [0.29, 0.717) is 5.22 Å². The zero-order valence-corrected chi connectivity index (χ0v) is 9.25. The van der Waals surface area contributed by atoms with Gasteiger partial charge in [-0.25, -0.2) is 4.98 Å². The van der Waals surface area contributed by atoms with Crippen molar-refractivity contribution < 1.29 is 4.42 Å². The number of rotatable bonds is 3. The molecule has 0 unspecified atom stereocenters. The Morgan fingerprint density at radius 3 is 3.07 bits per heavy atom. The van der Waals surface area contributed by atoms with Crippen LogP contribution in [0.25, 0.3) is 0 Å². The molecule has 0 amide bonds. The van der Waals surface area contributed by atoms with Gasteiger partial charge in [-0.2, -0.15) is 0 Å². The summed E-state index contributed by atoms with van der Waals surface area (Å²) < 4.78 is 5.15. The van der Waals surface area contributed by atoms with Gasteiger partial charge >= 0.3 is 0 Å². The first-order valence-electron chi connectivity index (χ1n) is 4.63. The Kier molecular flexibility index (Phi) is 2.97. The Morgan fingerprint density at radius 1 is 1.47 bits per heavy atom. The summed E-state index contributed by atoms with van der Waals surface area (Å²) in [5.74, 6) is 0.831. The van der Waals surface area contributed by atoms with E-state index >= 15 is 0 Å². The van der Waals surface area contributed by atoms with Crippen molar-refractivity contribution in [2.24, 2.45) is 0 Å². The van der Waals surface area contributed by atoms with Crippen molar-refractivity contribution in [3.8, 4) is 0 Å². The van der Waals surface area contributed by atoms with E-state index in [-0.39, 0.29) is 0 Å². The quantitative estimate of drug-likeness (QED) is 0.638. The van der Waals surface area contributed by atoms with Crippen LogP contribution in [0.5, 0.6) is 0 Å². The SMILES string of the molecule is Cc1c(N)cccc1CSc1ncco1. The maximum Gasteiger partial charge on any atom is 0.255 e. The Bertz CT molecular complexity index is 440. The predicted octanol–water partition coefficient (Wildman–Crippen LogP) is 2.86. The molecule has 2 N–H and O–H groups in total. The molecule has 0 radical (unpaired) electrons. The van der Waals surface area contributed by atoms with E-state index in [1.54, 1.807) is 24.2 Å².